The van der Waals surface area contributed by atoms with Gasteiger partial charge in [-0.1, -0.05) is 19.0 Å². The van der Waals surface area contributed by atoms with E-state index in [0.29, 0.717) is 0 Å². The van der Waals surface area contributed by atoms with E-state index in [0.717, 1.165) is 0 Å². The number of nitrogens with zero attached hydrogens (tertiary/aromatic N) is 3. The molecule has 7 nitrogen and oxygen atoms in total. The van der Waals surface area contributed by atoms with E-state index in [4.69, 9.17) is 5.53 Å². The van der Waals surface area contributed by atoms with Crippen molar-refractivity contribution in [3.05, 3.63) is 10.4 Å². The summed E-state index contributed by atoms with van der Waals surface area (Å²) >= 11 is 0. The lowest BCUT2D eigenvalue weighted by molar-refractivity contribution is -0.246. The van der Waals surface area contributed by atoms with Crippen molar-refractivity contribution in [1.82, 2.24) is 0 Å². The van der Waals surface area contributed by atoms with E-state index in [9.17, 15) is 20.4 Å². The summed E-state index contributed by atoms with van der Waals surface area (Å²) in [7, 11) is 0. The highest BCUT2D eigenvalue weighted by Crippen LogP contribution is 2.60. The van der Waals surface area contributed by atoms with E-state index in [2.05, 4.69) is 10.0 Å². The lowest BCUT2D eigenvalue weighted by atomic mass is 9.99. The van der Waals surface area contributed by atoms with Gasteiger partial charge in [0.2, 0.25) is 5.79 Å². The largest absolute Gasteiger partial charge is 0.389 e. The molecule has 1 rings (SSSR count). The Morgan fingerprint density at radius 3 is 2.21 bits per heavy atom. The van der Waals surface area contributed by atoms with Gasteiger partial charge in [-0.25, -0.2) is 0 Å². The molecule has 0 aromatic rings. The molecule has 80 valence electrons. The van der Waals surface area contributed by atoms with Gasteiger partial charge in [0, 0.05) is 10.3 Å². The number of rotatable bonds is 3. The van der Waals surface area contributed by atoms with Crippen LogP contribution in [0.25, 0.3) is 10.4 Å². The molecule has 14 heavy (non-hydrogen) atoms. The molecule has 1 aliphatic rings. The first-order valence-electron chi connectivity index (χ1n) is 4.08. The predicted octanol–water partition coefficient (Wildman–Crippen LogP) is -0.891. The molecular weight excluding hydrogens is 190 g/mol. The summed E-state index contributed by atoms with van der Waals surface area (Å²) < 4.78 is 0. The standard InChI is InChI=1S/C7H13N3O4/c1-5(2)4(11)7(5,14)6(12,13)3-9-10-8/h4,11-14H,3H2,1-2H3. The fourth-order valence-corrected chi connectivity index (χ4v) is 1.70. The third-order valence-electron chi connectivity index (χ3n) is 2.94. The zero-order valence-corrected chi connectivity index (χ0v) is 7.91. The van der Waals surface area contributed by atoms with Gasteiger partial charge in [0.15, 0.2) is 5.60 Å². The minimum absolute atomic E-state index is 0.708. The van der Waals surface area contributed by atoms with Crippen LogP contribution in [-0.2, 0) is 0 Å². The maximum absolute atomic E-state index is 9.75. The zero-order chi connectivity index (χ0) is 11.2. The molecular formula is C7H13N3O4. The Balaban J connectivity index is 2.89. The van der Waals surface area contributed by atoms with Gasteiger partial charge in [-0.2, -0.15) is 0 Å². The first-order valence-corrected chi connectivity index (χ1v) is 4.08. The van der Waals surface area contributed by atoms with Crippen LogP contribution in [0.5, 0.6) is 0 Å². The molecule has 0 aliphatic heterocycles. The van der Waals surface area contributed by atoms with E-state index in [1.807, 2.05) is 0 Å². The van der Waals surface area contributed by atoms with E-state index >= 15 is 0 Å². The second-order valence-corrected chi connectivity index (χ2v) is 4.10. The first kappa shape index (κ1) is 11.2. The topological polar surface area (TPSA) is 130 Å². The van der Waals surface area contributed by atoms with Crippen LogP contribution in [0, 0.1) is 5.41 Å². The Hall–Kier alpha value is -0.850. The molecule has 7 heteroatoms. The van der Waals surface area contributed by atoms with Crippen molar-refractivity contribution in [1.29, 1.82) is 0 Å². The Kier molecular flexibility index (Phi) is 2.26. The van der Waals surface area contributed by atoms with Gasteiger partial charge < -0.3 is 20.4 Å². The molecule has 0 aromatic heterocycles. The highest BCUT2D eigenvalue weighted by molar-refractivity contribution is 5.26. The summed E-state index contributed by atoms with van der Waals surface area (Å²) in [6.07, 6.45) is -1.25. The molecule has 0 amide bonds. The Morgan fingerprint density at radius 1 is 1.50 bits per heavy atom. The highest BCUT2D eigenvalue weighted by atomic mass is 16.5. The maximum atomic E-state index is 9.75. The number of azide groups is 1. The Bertz CT molecular complexity index is 297. The van der Waals surface area contributed by atoms with Gasteiger partial charge in [0.1, 0.15) is 0 Å². The number of hydrogen-bond acceptors (Lipinski definition) is 5. The average molecular weight is 203 g/mol. The molecule has 0 radical (unpaired) electrons. The zero-order valence-electron chi connectivity index (χ0n) is 7.91. The quantitative estimate of drug-likeness (QED) is 0.205. The van der Waals surface area contributed by atoms with Crippen LogP contribution in [0.3, 0.4) is 0 Å². The summed E-state index contributed by atoms with van der Waals surface area (Å²) in [5.41, 5.74) is 4.93. The molecule has 0 heterocycles. The van der Waals surface area contributed by atoms with Crippen LogP contribution in [0.1, 0.15) is 13.8 Å². The SMILES string of the molecule is CC1(C)C(O)C1(O)C(O)(O)CN=[N+]=[N-]. The van der Waals surface area contributed by atoms with Gasteiger partial charge >= 0.3 is 0 Å². The fourth-order valence-electron chi connectivity index (χ4n) is 1.70. The summed E-state index contributed by atoms with van der Waals surface area (Å²) in [5, 5.41) is 40.9. The van der Waals surface area contributed by atoms with Crippen LogP contribution in [0.4, 0.5) is 0 Å². The molecule has 0 aromatic carbocycles. The summed E-state index contributed by atoms with van der Waals surface area (Å²) in [5.74, 6) is -2.61. The second kappa shape index (κ2) is 2.82. The van der Waals surface area contributed by atoms with Gasteiger partial charge in [0.05, 0.1) is 12.6 Å². The van der Waals surface area contributed by atoms with Crippen LogP contribution in [0.2, 0.25) is 0 Å². The van der Waals surface area contributed by atoms with E-state index in [1.54, 1.807) is 0 Å². The van der Waals surface area contributed by atoms with Gasteiger partial charge in [-0.05, 0) is 5.53 Å². The molecule has 1 fully saturated rings. The van der Waals surface area contributed by atoms with Crippen molar-refractivity contribution in [2.24, 2.45) is 10.5 Å². The van der Waals surface area contributed by atoms with Crippen molar-refractivity contribution in [3.8, 4) is 0 Å². The Morgan fingerprint density at radius 2 is 1.93 bits per heavy atom. The van der Waals surface area contributed by atoms with Crippen molar-refractivity contribution in [2.45, 2.75) is 31.3 Å². The van der Waals surface area contributed by atoms with Crippen LogP contribution >= 0.6 is 0 Å². The van der Waals surface area contributed by atoms with Crippen molar-refractivity contribution in [2.75, 3.05) is 6.54 Å². The van der Waals surface area contributed by atoms with Crippen molar-refractivity contribution in [3.63, 3.8) is 0 Å². The lowest BCUT2D eigenvalue weighted by Gasteiger charge is -2.28. The van der Waals surface area contributed by atoms with Crippen LogP contribution < -0.4 is 0 Å². The molecule has 2 unspecified atom stereocenters. The predicted molar refractivity (Wildman–Crippen MR) is 45.9 cm³/mol. The second-order valence-electron chi connectivity index (χ2n) is 4.10. The van der Waals surface area contributed by atoms with E-state index in [-0.39, 0.29) is 0 Å². The highest BCUT2D eigenvalue weighted by Gasteiger charge is 2.79. The Labute approximate surface area is 80.2 Å². The molecule has 1 aliphatic carbocycles. The lowest BCUT2D eigenvalue weighted by Crippen LogP contribution is -2.51. The minimum Gasteiger partial charge on any atom is -0.389 e. The molecule has 0 saturated heterocycles. The van der Waals surface area contributed by atoms with Gasteiger partial charge in [0.25, 0.3) is 0 Å². The molecule has 1 saturated carbocycles. The number of aliphatic hydroxyl groups is 4. The third kappa shape index (κ3) is 1.11. The minimum atomic E-state index is -2.61. The van der Waals surface area contributed by atoms with Crippen LogP contribution in [-0.4, -0.2) is 44.5 Å². The van der Waals surface area contributed by atoms with Crippen molar-refractivity contribution < 1.29 is 20.4 Å². The smallest absolute Gasteiger partial charge is 0.201 e. The molecule has 4 N–H and O–H groups in total. The first-order chi connectivity index (χ1) is 6.22. The molecule has 0 spiro atoms. The summed E-state index contributed by atoms with van der Waals surface area (Å²) in [6.45, 7) is 2.25. The van der Waals surface area contributed by atoms with E-state index in [1.165, 1.54) is 13.8 Å². The van der Waals surface area contributed by atoms with Gasteiger partial charge in [-0.15, -0.1) is 0 Å². The monoisotopic (exact) mass is 203 g/mol. The normalized spacial score (nSPS) is 34.9. The van der Waals surface area contributed by atoms with E-state index < -0.39 is 29.5 Å². The fraction of sp³-hybridized carbons (Fsp3) is 1.00. The maximum Gasteiger partial charge on any atom is 0.201 e. The van der Waals surface area contributed by atoms with Crippen molar-refractivity contribution >= 4 is 0 Å². The third-order valence-corrected chi connectivity index (χ3v) is 2.94. The summed E-state index contributed by atoms with van der Waals surface area (Å²) in [4.78, 5) is 2.35. The average Bonchev–Trinajstić information content (AvgIpc) is 2.48. The number of aliphatic hydroxyl groups excluding tert-OH is 1. The van der Waals surface area contributed by atoms with Crippen LogP contribution in [0.15, 0.2) is 5.11 Å². The number of hydrogen-bond donors (Lipinski definition) is 4. The molecule has 2 atom stereocenters. The van der Waals surface area contributed by atoms with Gasteiger partial charge in [-0.3, -0.25) is 0 Å². The summed E-state index contributed by atoms with van der Waals surface area (Å²) in [6, 6.07) is 0. The molecule has 0 bridgehead atoms.